The number of morpholine rings is 1. The highest BCUT2D eigenvalue weighted by Crippen LogP contribution is 2.26. The SMILES string of the molecule is CC(C)N1CCO[C@@H]2CN(C(=O)c3cccs3)C[C@@H]21. The molecule has 1 aromatic rings. The summed E-state index contributed by atoms with van der Waals surface area (Å²) in [6.07, 6.45) is 0.181. The maximum Gasteiger partial charge on any atom is 0.264 e. The van der Waals surface area contributed by atoms with E-state index in [4.69, 9.17) is 4.74 Å². The van der Waals surface area contributed by atoms with Crippen molar-refractivity contribution >= 4 is 17.2 Å². The highest BCUT2D eigenvalue weighted by atomic mass is 32.1. The lowest BCUT2D eigenvalue weighted by Crippen LogP contribution is -2.53. The van der Waals surface area contributed by atoms with E-state index in [0.29, 0.717) is 12.1 Å². The number of thiophene rings is 1. The van der Waals surface area contributed by atoms with E-state index < -0.39 is 0 Å². The molecule has 0 aliphatic carbocycles. The molecule has 0 radical (unpaired) electrons. The van der Waals surface area contributed by atoms with Gasteiger partial charge in [0.25, 0.3) is 5.91 Å². The van der Waals surface area contributed by atoms with Crippen molar-refractivity contribution in [3.05, 3.63) is 22.4 Å². The molecule has 3 heterocycles. The van der Waals surface area contributed by atoms with Gasteiger partial charge in [-0.05, 0) is 25.3 Å². The standard InChI is InChI=1S/C14H20N2O2S/c1-10(2)16-5-6-18-12-9-15(8-11(12)16)14(17)13-4-3-7-19-13/h3-4,7,10-12H,5-6,8-9H2,1-2H3/t11-,12+/m0/s1. The molecule has 0 spiro atoms. The Morgan fingerprint density at radius 3 is 3.00 bits per heavy atom. The molecule has 4 nitrogen and oxygen atoms in total. The number of rotatable bonds is 2. The third kappa shape index (κ3) is 2.42. The van der Waals surface area contributed by atoms with Gasteiger partial charge in [0.05, 0.1) is 23.6 Å². The first kappa shape index (κ1) is 13.1. The van der Waals surface area contributed by atoms with Crippen molar-refractivity contribution < 1.29 is 9.53 Å². The Balaban J connectivity index is 1.73. The minimum absolute atomic E-state index is 0.150. The van der Waals surface area contributed by atoms with Crippen LogP contribution < -0.4 is 0 Å². The van der Waals surface area contributed by atoms with Crippen LogP contribution in [0.5, 0.6) is 0 Å². The molecule has 3 rings (SSSR count). The Morgan fingerprint density at radius 1 is 1.47 bits per heavy atom. The molecule has 1 aromatic heterocycles. The quantitative estimate of drug-likeness (QED) is 0.826. The zero-order chi connectivity index (χ0) is 13.4. The zero-order valence-electron chi connectivity index (χ0n) is 11.4. The summed E-state index contributed by atoms with van der Waals surface area (Å²) in [5.41, 5.74) is 0. The van der Waals surface area contributed by atoms with E-state index >= 15 is 0 Å². The summed E-state index contributed by atoms with van der Waals surface area (Å²) in [4.78, 5) is 17.6. The number of carbonyl (C=O) groups excluding carboxylic acids is 1. The molecule has 0 unspecified atom stereocenters. The van der Waals surface area contributed by atoms with E-state index in [9.17, 15) is 4.79 Å². The Bertz CT molecular complexity index is 446. The van der Waals surface area contributed by atoms with Crippen molar-refractivity contribution in [1.82, 2.24) is 9.80 Å². The number of likely N-dealkylation sites (tertiary alicyclic amines) is 1. The number of hydrogen-bond acceptors (Lipinski definition) is 4. The van der Waals surface area contributed by atoms with E-state index in [0.717, 1.165) is 31.1 Å². The van der Waals surface area contributed by atoms with Crippen LogP contribution >= 0.6 is 11.3 Å². The molecule has 2 aliphatic rings. The van der Waals surface area contributed by atoms with Crippen molar-refractivity contribution in [3.63, 3.8) is 0 Å². The van der Waals surface area contributed by atoms with Crippen LogP contribution in [0.3, 0.4) is 0 Å². The summed E-state index contributed by atoms with van der Waals surface area (Å²) >= 11 is 1.51. The van der Waals surface area contributed by atoms with Crippen LogP contribution in [0.2, 0.25) is 0 Å². The molecule has 0 N–H and O–H groups in total. The molecule has 0 saturated carbocycles. The summed E-state index contributed by atoms with van der Waals surface area (Å²) in [6.45, 7) is 7.70. The predicted octanol–water partition coefficient (Wildman–Crippen LogP) is 1.68. The largest absolute Gasteiger partial charge is 0.373 e. The number of nitrogens with zero attached hydrogens (tertiary/aromatic N) is 2. The molecule has 2 atom stereocenters. The van der Waals surface area contributed by atoms with Gasteiger partial charge in [-0.15, -0.1) is 11.3 Å². The average Bonchev–Trinajstić information content (AvgIpc) is 3.06. The first-order valence-corrected chi connectivity index (χ1v) is 7.75. The van der Waals surface area contributed by atoms with Crippen molar-refractivity contribution in [2.75, 3.05) is 26.2 Å². The molecule has 0 aromatic carbocycles. The maximum atomic E-state index is 12.4. The Labute approximate surface area is 118 Å². The van der Waals surface area contributed by atoms with E-state index in [1.54, 1.807) is 0 Å². The van der Waals surface area contributed by atoms with Crippen LogP contribution in [0.4, 0.5) is 0 Å². The third-order valence-corrected chi connectivity index (χ3v) is 4.88. The van der Waals surface area contributed by atoms with Crippen molar-refractivity contribution in [1.29, 1.82) is 0 Å². The van der Waals surface area contributed by atoms with Gasteiger partial charge in [-0.1, -0.05) is 6.07 Å². The lowest BCUT2D eigenvalue weighted by molar-refractivity contribution is -0.0582. The highest BCUT2D eigenvalue weighted by Gasteiger charge is 2.42. The van der Waals surface area contributed by atoms with E-state index in [1.807, 2.05) is 22.4 Å². The van der Waals surface area contributed by atoms with Crippen LogP contribution in [-0.4, -0.2) is 60.1 Å². The van der Waals surface area contributed by atoms with Gasteiger partial charge in [-0.3, -0.25) is 9.69 Å². The Kier molecular flexibility index (Phi) is 3.60. The lowest BCUT2D eigenvalue weighted by atomic mass is 10.1. The van der Waals surface area contributed by atoms with Gasteiger partial charge in [0, 0.05) is 25.7 Å². The fourth-order valence-corrected chi connectivity index (χ4v) is 3.77. The summed E-state index contributed by atoms with van der Waals surface area (Å²) in [5, 5.41) is 1.95. The molecular weight excluding hydrogens is 260 g/mol. The first-order chi connectivity index (χ1) is 9.16. The Morgan fingerprint density at radius 2 is 2.32 bits per heavy atom. The third-order valence-electron chi connectivity index (χ3n) is 4.03. The smallest absolute Gasteiger partial charge is 0.264 e. The molecule has 2 aliphatic heterocycles. The minimum atomic E-state index is 0.150. The molecule has 0 bridgehead atoms. The monoisotopic (exact) mass is 280 g/mol. The minimum Gasteiger partial charge on any atom is -0.373 e. The summed E-state index contributed by atoms with van der Waals surface area (Å²) in [5.74, 6) is 0.150. The average molecular weight is 280 g/mol. The molecule has 5 heteroatoms. The van der Waals surface area contributed by atoms with Crippen LogP contribution in [-0.2, 0) is 4.74 Å². The number of amides is 1. The van der Waals surface area contributed by atoms with E-state index in [-0.39, 0.29) is 12.0 Å². The number of fused-ring (bicyclic) bond motifs is 1. The van der Waals surface area contributed by atoms with Gasteiger partial charge >= 0.3 is 0 Å². The van der Waals surface area contributed by atoms with Crippen molar-refractivity contribution in [3.8, 4) is 0 Å². The van der Waals surface area contributed by atoms with Gasteiger partial charge in [0.15, 0.2) is 0 Å². The molecule has 19 heavy (non-hydrogen) atoms. The number of hydrogen-bond donors (Lipinski definition) is 0. The van der Waals surface area contributed by atoms with E-state index in [1.165, 1.54) is 11.3 Å². The van der Waals surface area contributed by atoms with Gasteiger partial charge in [0.2, 0.25) is 0 Å². The van der Waals surface area contributed by atoms with Crippen LogP contribution in [0.25, 0.3) is 0 Å². The van der Waals surface area contributed by atoms with Gasteiger partial charge in [-0.2, -0.15) is 0 Å². The second-order valence-electron chi connectivity index (χ2n) is 5.50. The summed E-state index contributed by atoms with van der Waals surface area (Å²) in [6, 6.07) is 4.69. The molecular formula is C14H20N2O2S. The highest BCUT2D eigenvalue weighted by molar-refractivity contribution is 7.12. The second-order valence-corrected chi connectivity index (χ2v) is 6.44. The molecule has 2 fully saturated rings. The summed E-state index contributed by atoms with van der Waals surface area (Å²) in [7, 11) is 0. The van der Waals surface area contributed by atoms with Crippen molar-refractivity contribution in [2.45, 2.75) is 32.0 Å². The van der Waals surface area contributed by atoms with Crippen molar-refractivity contribution in [2.24, 2.45) is 0 Å². The normalized spacial score (nSPS) is 27.8. The Hall–Kier alpha value is -0.910. The topological polar surface area (TPSA) is 32.8 Å². The first-order valence-electron chi connectivity index (χ1n) is 6.87. The lowest BCUT2D eigenvalue weighted by Gasteiger charge is -2.39. The van der Waals surface area contributed by atoms with Gasteiger partial charge < -0.3 is 9.64 Å². The fourth-order valence-electron chi connectivity index (χ4n) is 3.08. The van der Waals surface area contributed by atoms with Gasteiger partial charge in [0.1, 0.15) is 0 Å². The molecule has 104 valence electrons. The van der Waals surface area contributed by atoms with E-state index in [2.05, 4.69) is 18.7 Å². The number of carbonyl (C=O) groups is 1. The fraction of sp³-hybridized carbons (Fsp3) is 0.643. The number of ether oxygens (including phenoxy) is 1. The molecule has 2 saturated heterocycles. The predicted molar refractivity (Wildman–Crippen MR) is 75.6 cm³/mol. The summed E-state index contributed by atoms with van der Waals surface area (Å²) < 4.78 is 5.85. The van der Waals surface area contributed by atoms with Crippen LogP contribution in [0.15, 0.2) is 17.5 Å². The van der Waals surface area contributed by atoms with Crippen LogP contribution in [0.1, 0.15) is 23.5 Å². The zero-order valence-corrected chi connectivity index (χ0v) is 12.2. The molecule has 1 amide bonds. The maximum absolute atomic E-state index is 12.4. The van der Waals surface area contributed by atoms with Crippen LogP contribution in [0, 0.1) is 0 Å². The van der Waals surface area contributed by atoms with Gasteiger partial charge in [-0.25, -0.2) is 0 Å². The second kappa shape index (κ2) is 5.23.